The Kier molecular flexibility index (Phi) is 5.27. The van der Waals surface area contributed by atoms with Gasteiger partial charge in [-0.1, -0.05) is 24.3 Å². The van der Waals surface area contributed by atoms with Crippen molar-refractivity contribution in [2.24, 2.45) is 10.9 Å². The van der Waals surface area contributed by atoms with Gasteiger partial charge in [0.05, 0.1) is 35.6 Å². The fourth-order valence-corrected chi connectivity index (χ4v) is 4.89. The number of benzene rings is 2. The van der Waals surface area contributed by atoms with Gasteiger partial charge in [0, 0.05) is 24.1 Å². The highest BCUT2D eigenvalue weighted by Crippen LogP contribution is 2.39. The molecule has 2 aromatic carbocycles. The van der Waals surface area contributed by atoms with E-state index >= 15 is 0 Å². The monoisotopic (exact) mass is 482 g/mol. The van der Waals surface area contributed by atoms with Crippen LogP contribution in [0.15, 0.2) is 51.9 Å². The highest BCUT2D eigenvalue weighted by atomic mass is 79.9. The van der Waals surface area contributed by atoms with E-state index in [-0.39, 0.29) is 23.9 Å². The first kappa shape index (κ1) is 20.2. The molecular formula is C23H23BrN4O3. The van der Waals surface area contributed by atoms with Crippen LogP contribution in [0.5, 0.6) is 5.75 Å². The number of carbonyl (C=O) groups is 2. The number of rotatable bonds is 5. The minimum Gasteiger partial charge on any atom is -0.496 e. The third kappa shape index (κ3) is 3.85. The number of hydrogen-bond acceptors (Lipinski definition) is 4. The molecule has 7 nitrogen and oxygen atoms in total. The van der Waals surface area contributed by atoms with Gasteiger partial charge in [0.15, 0.2) is 0 Å². The summed E-state index contributed by atoms with van der Waals surface area (Å²) in [5.41, 5.74) is 3.31. The lowest BCUT2D eigenvalue weighted by molar-refractivity contribution is -0.118. The molecule has 5 rings (SSSR count). The molecule has 2 heterocycles. The molecule has 0 radical (unpaired) electrons. The Bertz CT molecular complexity index is 1080. The number of anilines is 1. The zero-order valence-electron chi connectivity index (χ0n) is 17.1. The number of ether oxygens (including phenoxy) is 1. The summed E-state index contributed by atoms with van der Waals surface area (Å²) in [6.07, 6.45) is 2.26. The van der Waals surface area contributed by atoms with Gasteiger partial charge in [-0.2, -0.15) is 4.99 Å². The van der Waals surface area contributed by atoms with Gasteiger partial charge in [0.1, 0.15) is 5.75 Å². The standard InChI is InChI=1S/C23H23BrN4O3/c1-31-19-9-6-13(10-17(19)24)21-16-12-28(20(29)11-25-14-7-8-14)18-5-3-2-4-15(18)22(16)27-23(30)26-21/h2-6,9-10,14,16,21,25H,7-8,11-12H2,1H3,(H,26,30). The SMILES string of the molecule is COc1ccc(C2NC(=O)N=C3c4ccccc4N(C(=O)CNC4CC4)CC32)cc1Br. The fraction of sp³-hybridized carbons (Fsp3) is 0.348. The number of carbonyl (C=O) groups excluding carboxylic acids is 2. The highest BCUT2D eigenvalue weighted by molar-refractivity contribution is 9.10. The molecule has 0 aromatic heterocycles. The van der Waals surface area contributed by atoms with E-state index < -0.39 is 0 Å². The van der Waals surface area contributed by atoms with E-state index in [0.717, 1.165) is 45.6 Å². The Balaban J connectivity index is 1.52. The van der Waals surface area contributed by atoms with Crippen LogP contribution >= 0.6 is 15.9 Å². The van der Waals surface area contributed by atoms with E-state index in [1.165, 1.54) is 0 Å². The molecule has 1 saturated carbocycles. The second-order valence-corrected chi connectivity index (χ2v) is 8.96. The van der Waals surface area contributed by atoms with Gasteiger partial charge in [-0.25, -0.2) is 4.79 Å². The largest absolute Gasteiger partial charge is 0.496 e. The third-order valence-electron chi connectivity index (χ3n) is 6.06. The Morgan fingerprint density at radius 3 is 2.84 bits per heavy atom. The Morgan fingerprint density at radius 2 is 2.10 bits per heavy atom. The summed E-state index contributed by atoms with van der Waals surface area (Å²) < 4.78 is 6.15. The van der Waals surface area contributed by atoms with Crippen LogP contribution in [0.1, 0.15) is 30.0 Å². The van der Waals surface area contributed by atoms with E-state index in [2.05, 4.69) is 31.6 Å². The number of nitrogens with zero attached hydrogens (tertiary/aromatic N) is 2. The predicted octanol–water partition coefficient (Wildman–Crippen LogP) is 3.43. The number of urea groups is 1. The molecular weight excluding hydrogens is 460 g/mol. The molecule has 1 fully saturated rings. The van der Waals surface area contributed by atoms with Gasteiger partial charge in [-0.15, -0.1) is 0 Å². The molecule has 0 bridgehead atoms. The van der Waals surface area contributed by atoms with Crippen LogP contribution in [0, 0.1) is 5.92 Å². The van der Waals surface area contributed by atoms with Gasteiger partial charge in [0.25, 0.3) is 0 Å². The summed E-state index contributed by atoms with van der Waals surface area (Å²) in [7, 11) is 1.62. The van der Waals surface area contributed by atoms with Crippen molar-refractivity contribution in [2.75, 3.05) is 25.1 Å². The second-order valence-electron chi connectivity index (χ2n) is 8.10. The zero-order valence-corrected chi connectivity index (χ0v) is 18.7. The molecule has 3 amide bonds. The van der Waals surface area contributed by atoms with E-state index in [4.69, 9.17) is 4.74 Å². The van der Waals surface area contributed by atoms with Crippen LogP contribution in [0.3, 0.4) is 0 Å². The minimum absolute atomic E-state index is 0.0324. The first-order valence-corrected chi connectivity index (χ1v) is 11.2. The summed E-state index contributed by atoms with van der Waals surface area (Å²) in [5, 5.41) is 6.32. The van der Waals surface area contributed by atoms with Gasteiger partial charge in [-0.3, -0.25) is 4.79 Å². The predicted molar refractivity (Wildman–Crippen MR) is 122 cm³/mol. The first-order chi connectivity index (χ1) is 15.0. The minimum atomic E-state index is -0.367. The molecule has 1 aliphatic carbocycles. The summed E-state index contributed by atoms with van der Waals surface area (Å²) >= 11 is 3.54. The molecule has 2 atom stereocenters. The highest BCUT2D eigenvalue weighted by Gasteiger charge is 2.41. The van der Waals surface area contributed by atoms with Crippen molar-refractivity contribution >= 4 is 39.3 Å². The molecule has 2 aromatic rings. The van der Waals surface area contributed by atoms with Crippen LogP contribution in [0.25, 0.3) is 0 Å². The topological polar surface area (TPSA) is 83.0 Å². The van der Waals surface area contributed by atoms with Crippen molar-refractivity contribution in [1.29, 1.82) is 0 Å². The molecule has 2 N–H and O–H groups in total. The zero-order chi connectivity index (χ0) is 21.5. The Morgan fingerprint density at radius 1 is 1.29 bits per heavy atom. The normalized spacial score (nSPS) is 22.2. The average Bonchev–Trinajstić information content (AvgIpc) is 3.61. The summed E-state index contributed by atoms with van der Waals surface area (Å²) in [4.78, 5) is 31.8. The van der Waals surface area contributed by atoms with E-state index in [1.807, 2.05) is 47.4 Å². The molecule has 3 aliphatic rings. The Labute approximate surface area is 189 Å². The molecule has 0 saturated heterocycles. The van der Waals surface area contributed by atoms with Crippen molar-refractivity contribution in [3.05, 3.63) is 58.1 Å². The number of methoxy groups -OCH3 is 1. The maximum atomic E-state index is 13.1. The van der Waals surface area contributed by atoms with Crippen molar-refractivity contribution in [2.45, 2.75) is 24.9 Å². The number of halogens is 1. The maximum Gasteiger partial charge on any atom is 0.341 e. The lowest BCUT2D eigenvalue weighted by atomic mass is 9.81. The smallest absolute Gasteiger partial charge is 0.341 e. The van der Waals surface area contributed by atoms with Crippen LogP contribution < -0.4 is 20.3 Å². The molecule has 31 heavy (non-hydrogen) atoms. The maximum absolute atomic E-state index is 13.1. The quantitative estimate of drug-likeness (QED) is 0.683. The second kappa shape index (κ2) is 8.09. The molecule has 0 spiro atoms. The summed E-state index contributed by atoms with van der Waals surface area (Å²) in [6, 6.07) is 13.2. The van der Waals surface area contributed by atoms with Crippen LogP contribution in [0.4, 0.5) is 10.5 Å². The van der Waals surface area contributed by atoms with Crippen LogP contribution in [-0.4, -0.2) is 43.9 Å². The van der Waals surface area contributed by atoms with E-state index in [9.17, 15) is 9.59 Å². The molecule has 2 unspecified atom stereocenters. The number of amides is 3. The summed E-state index contributed by atoms with van der Waals surface area (Å²) in [6.45, 7) is 0.763. The number of nitrogens with one attached hydrogen (secondary N) is 2. The number of fused-ring (bicyclic) bond motifs is 3. The van der Waals surface area contributed by atoms with Crippen LogP contribution in [-0.2, 0) is 4.79 Å². The number of aliphatic imine (C=N–C) groups is 1. The van der Waals surface area contributed by atoms with Gasteiger partial charge in [-0.05, 0) is 52.5 Å². The number of para-hydroxylation sites is 1. The first-order valence-electron chi connectivity index (χ1n) is 10.4. The third-order valence-corrected chi connectivity index (χ3v) is 6.68. The Hall–Kier alpha value is -2.71. The van der Waals surface area contributed by atoms with E-state index in [0.29, 0.717) is 19.1 Å². The van der Waals surface area contributed by atoms with Crippen molar-refractivity contribution in [3.8, 4) is 5.75 Å². The summed E-state index contributed by atoms with van der Waals surface area (Å²) in [5.74, 6) is 0.597. The fourth-order valence-electron chi connectivity index (χ4n) is 4.33. The van der Waals surface area contributed by atoms with Crippen molar-refractivity contribution in [1.82, 2.24) is 10.6 Å². The van der Waals surface area contributed by atoms with E-state index in [1.54, 1.807) is 7.11 Å². The van der Waals surface area contributed by atoms with Gasteiger partial charge < -0.3 is 20.3 Å². The van der Waals surface area contributed by atoms with Crippen molar-refractivity contribution < 1.29 is 14.3 Å². The van der Waals surface area contributed by atoms with Gasteiger partial charge in [0.2, 0.25) is 5.91 Å². The number of hydrogen-bond donors (Lipinski definition) is 2. The lowest BCUT2D eigenvalue weighted by Gasteiger charge is -2.41. The van der Waals surface area contributed by atoms with Crippen molar-refractivity contribution in [3.63, 3.8) is 0 Å². The average molecular weight is 483 g/mol. The van der Waals surface area contributed by atoms with Crippen LogP contribution in [0.2, 0.25) is 0 Å². The molecule has 8 heteroatoms. The van der Waals surface area contributed by atoms with Gasteiger partial charge >= 0.3 is 6.03 Å². The lowest BCUT2D eigenvalue weighted by Crippen LogP contribution is -2.52. The molecule has 160 valence electrons. The molecule has 2 aliphatic heterocycles.